The maximum Gasteiger partial charge on any atom is 0.139 e. The van der Waals surface area contributed by atoms with Crippen LogP contribution >= 0.6 is 0 Å². The molecule has 100 valence electrons. The van der Waals surface area contributed by atoms with Crippen LogP contribution in [0.4, 0.5) is 0 Å². The monoisotopic (exact) mass is 243 g/mol. The quantitative estimate of drug-likeness (QED) is 0.233. The average Bonchev–Trinajstić information content (AvgIpc) is 2.35. The van der Waals surface area contributed by atoms with E-state index >= 15 is 0 Å². The van der Waals surface area contributed by atoms with Gasteiger partial charge in [-0.2, -0.15) is 0 Å². The zero-order valence-electron chi connectivity index (χ0n) is 10.8. The number of oxime groups is 1. The number of rotatable bonds is 7. The third-order valence-electron chi connectivity index (χ3n) is 3.15. The molecule has 1 fully saturated rings. The second-order valence-corrected chi connectivity index (χ2v) is 4.57. The summed E-state index contributed by atoms with van der Waals surface area (Å²) in [6, 6.07) is 0. The van der Waals surface area contributed by atoms with Gasteiger partial charge in [-0.3, -0.25) is 0 Å². The number of hydrogen-bond acceptors (Lipinski definition) is 4. The standard InChI is InChI=1S/C12H25N3O2/c1-2-17-11-6-5-9-15(10-11)8-4-3-7-12(13)14-16/h11,16H,2-10H2,1H3,(H2,13,14). The number of likely N-dealkylation sites (tertiary alicyclic amines) is 1. The minimum Gasteiger partial charge on any atom is -0.409 e. The molecule has 0 aliphatic carbocycles. The summed E-state index contributed by atoms with van der Waals surface area (Å²) < 4.78 is 5.66. The lowest BCUT2D eigenvalue weighted by atomic mass is 10.1. The van der Waals surface area contributed by atoms with Crippen molar-refractivity contribution in [3.63, 3.8) is 0 Å². The molecule has 1 rings (SSSR count). The van der Waals surface area contributed by atoms with E-state index in [0.717, 1.165) is 32.5 Å². The lowest BCUT2D eigenvalue weighted by molar-refractivity contribution is 0.00565. The third kappa shape index (κ3) is 5.89. The molecule has 1 heterocycles. The molecule has 0 saturated carbocycles. The van der Waals surface area contributed by atoms with E-state index in [1.165, 1.54) is 19.4 Å². The van der Waals surface area contributed by atoms with E-state index in [0.29, 0.717) is 18.4 Å². The number of piperidine rings is 1. The predicted molar refractivity (Wildman–Crippen MR) is 68.3 cm³/mol. The van der Waals surface area contributed by atoms with Crippen molar-refractivity contribution in [1.82, 2.24) is 4.90 Å². The summed E-state index contributed by atoms with van der Waals surface area (Å²) in [5, 5.41) is 11.4. The highest BCUT2D eigenvalue weighted by Crippen LogP contribution is 2.13. The van der Waals surface area contributed by atoms with E-state index < -0.39 is 0 Å². The number of nitrogens with zero attached hydrogens (tertiary/aromatic N) is 2. The van der Waals surface area contributed by atoms with E-state index in [9.17, 15) is 0 Å². The summed E-state index contributed by atoms with van der Waals surface area (Å²) in [7, 11) is 0. The molecule has 17 heavy (non-hydrogen) atoms. The fourth-order valence-electron chi connectivity index (χ4n) is 2.28. The molecule has 1 aliphatic heterocycles. The van der Waals surface area contributed by atoms with Gasteiger partial charge in [0.2, 0.25) is 0 Å². The molecule has 1 saturated heterocycles. The van der Waals surface area contributed by atoms with Crippen molar-refractivity contribution < 1.29 is 9.94 Å². The Bertz CT molecular complexity index is 232. The summed E-state index contributed by atoms with van der Waals surface area (Å²) >= 11 is 0. The van der Waals surface area contributed by atoms with Crippen molar-refractivity contribution in [2.45, 2.75) is 45.1 Å². The highest BCUT2D eigenvalue weighted by Gasteiger charge is 2.19. The van der Waals surface area contributed by atoms with Crippen LogP contribution in [0.3, 0.4) is 0 Å². The Morgan fingerprint density at radius 2 is 2.35 bits per heavy atom. The average molecular weight is 243 g/mol. The number of hydrogen-bond donors (Lipinski definition) is 2. The fourth-order valence-corrected chi connectivity index (χ4v) is 2.28. The van der Waals surface area contributed by atoms with Crippen molar-refractivity contribution in [2.24, 2.45) is 10.9 Å². The predicted octanol–water partition coefficient (Wildman–Crippen LogP) is 1.40. The SMILES string of the molecule is CCOC1CCCN(CCCC/C(N)=N/O)C1. The van der Waals surface area contributed by atoms with Crippen LogP contribution in [-0.4, -0.2) is 48.3 Å². The fraction of sp³-hybridized carbons (Fsp3) is 0.917. The maximum absolute atomic E-state index is 8.41. The molecule has 0 bridgehead atoms. The first-order valence-electron chi connectivity index (χ1n) is 6.56. The molecule has 0 aromatic heterocycles. The molecule has 0 aromatic rings. The van der Waals surface area contributed by atoms with Crippen LogP contribution in [0.25, 0.3) is 0 Å². The van der Waals surface area contributed by atoms with Gasteiger partial charge in [-0.25, -0.2) is 0 Å². The first-order chi connectivity index (χ1) is 8.26. The van der Waals surface area contributed by atoms with Gasteiger partial charge in [-0.15, -0.1) is 0 Å². The van der Waals surface area contributed by atoms with Crippen LogP contribution in [0, 0.1) is 0 Å². The number of amidine groups is 1. The third-order valence-corrected chi connectivity index (χ3v) is 3.15. The second kappa shape index (κ2) is 8.31. The van der Waals surface area contributed by atoms with Crippen molar-refractivity contribution in [1.29, 1.82) is 0 Å². The van der Waals surface area contributed by atoms with Gasteiger partial charge in [0, 0.05) is 19.6 Å². The molecule has 5 nitrogen and oxygen atoms in total. The summed E-state index contributed by atoms with van der Waals surface area (Å²) in [6.45, 7) is 6.17. The number of nitrogens with two attached hydrogens (primary N) is 1. The second-order valence-electron chi connectivity index (χ2n) is 4.57. The smallest absolute Gasteiger partial charge is 0.139 e. The minimum atomic E-state index is 0.329. The zero-order chi connectivity index (χ0) is 12.5. The Hall–Kier alpha value is -0.810. The van der Waals surface area contributed by atoms with E-state index in [4.69, 9.17) is 15.7 Å². The van der Waals surface area contributed by atoms with Crippen LogP contribution in [0.5, 0.6) is 0 Å². The maximum atomic E-state index is 8.41. The van der Waals surface area contributed by atoms with Crippen LogP contribution in [-0.2, 0) is 4.74 Å². The summed E-state index contributed by atoms with van der Waals surface area (Å²) in [5.41, 5.74) is 5.42. The van der Waals surface area contributed by atoms with E-state index in [-0.39, 0.29) is 0 Å². The molecule has 1 atom stereocenters. The normalized spacial score (nSPS) is 22.9. The molecule has 5 heteroatoms. The molecular formula is C12H25N3O2. The Morgan fingerprint density at radius 1 is 1.53 bits per heavy atom. The highest BCUT2D eigenvalue weighted by atomic mass is 16.5. The van der Waals surface area contributed by atoms with Gasteiger partial charge >= 0.3 is 0 Å². The van der Waals surface area contributed by atoms with Gasteiger partial charge < -0.3 is 20.6 Å². The first kappa shape index (κ1) is 14.3. The minimum absolute atomic E-state index is 0.329. The molecule has 3 N–H and O–H groups in total. The van der Waals surface area contributed by atoms with Gasteiger partial charge in [-0.1, -0.05) is 5.16 Å². The van der Waals surface area contributed by atoms with Gasteiger partial charge in [0.1, 0.15) is 5.84 Å². The number of unbranched alkanes of at least 4 members (excludes halogenated alkanes) is 1. The van der Waals surface area contributed by atoms with Crippen LogP contribution in [0.15, 0.2) is 5.16 Å². The first-order valence-corrected chi connectivity index (χ1v) is 6.56. The van der Waals surface area contributed by atoms with Gasteiger partial charge in [0.05, 0.1) is 6.10 Å². The molecule has 1 aliphatic rings. The van der Waals surface area contributed by atoms with E-state index in [1.54, 1.807) is 0 Å². The molecule has 0 amide bonds. The Labute approximate surface area is 104 Å². The van der Waals surface area contributed by atoms with Crippen LogP contribution in [0.1, 0.15) is 39.0 Å². The Balaban J connectivity index is 2.10. The molecule has 0 spiro atoms. The lowest BCUT2D eigenvalue weighted by Gasteiger charge is -2.32. The Morgan fingerprint density at radius 3 is 3.06 bits per heavy atom. The van der Waals surface area contributed by atoms with E-state index in [1.807, 2.05) is 0 Å². The van der Waals surface area contributed by atoms with Crippen LogP contribution < -0.4 is 5.73 Å². The summed E-state index contributed by atoms with van der Waals surface area (Å²) in [5.74, 6) is 0.329. The summed E-state index contributed by atoms with van der Waals surface area (Å²) in [4.78, 5) is 2.45. The van der Waals surface area contributed by atoms with Gasteiger partial charge in [-0.05, 0) is 45.7 Å². The van der Waals surface area contributed by atoms with Gasteiger partial charge in [0.15, 0.2) is 0 Å². The lowest BCUT2D eigenvalue weighted by Crippen LogP contribution is -2.40. The zero-order valence-corrected chi connectivity index (χ0v) is 10.8. The highest BCUT2D eigenvalue weighted by molar-refractivity contribution is 5.79. The van der Waals surface area contributed by atoms with Crippen LogP contribution in [0.2, 0.25) is 0 Å². The van der Waals surface area contributed by atoms with Crippen molar-refractivity contribution in [2.75, 3.05) is 26.2 Å². The molecular weight excluding hydrogens is 218 g/mol. The largest absolute Gasteiger partial charge is 0.409 e. The Kier molecular flexibility index (Phi) is 6.96. The molecule has 0 aromatic carbocycles. The summed E-state index contributed by atoms with van der Waals surface area (Å²) in [6.07, 6.45) is 5.58. The van der Waals surface area contributed by atoms with Crippen molar-refractivity contribution in [3.05, 3.63) is 0 Å². The van der Waals surface area contributed by atoms with E-state index in [2.05, 4.69) is 17.0 Å². The molecule has 1 unspecified atom stereocenters. The topological polar surface area (TPSA) is 71.1 Å². The van der Waals surface area contributed by atoms with Gasteiger partial charge in [0.25, 0.3) is 0 Å². The molecule has 0 radical (unpaired) electrons. The van der Waals surface area contributed by atoms with Crippen molar-refractivity contribution in [3.8, 4) is 0 Å². The van der Waals surface area contributed by atoms with Crippen molar-refractivity contribution >= 4 is 5.84 Å². The number of ether oxygens (including phenoxy) is 1.